The Morgan fingerprint density at radius 3 is 2.31 bits per heavy atom. The molecule has 0 saturated carbocycles. The third-order valence-electron chi connectivity index (χ3n) is 5.72. The van der Waals surface area contributed by atoms with Crippen molar-refractivity contribution >= 4 is 26.8 Å². The van der Waals surface area contributed by atoms with Crippen molar-refractivity contribution in [3.8, 4) is 17.0 Å². The maximum atomic E-state index is 12.7. The lowest BCUT2D eigenvalue weighted by Gasteiger charge is -2.08. The van der Waals surface area contributed by atoms with E-state index in [-0.39, 0.29) is 10.6 Å². The summed E-state index contributed by atoms with van der Waals surface area (Å²) in [5, 5.41) is 0. The summed E-state index contributed by atoms with van der Waals surface area (Å²) in [4.78, 5) is 22.1. The van der Waals surface area contributed by atoms with Gasteiger partial charge in [-0.3, -0.25) is 4.98 Å². The van der Waals surface area contributed by atoms with Crippen LogP contribution in [0.15, 0.2) is 108 Å². The van der Waals surface area contributed by atoms with Gasteiger partial charge in [-0.2, -0.15) is 0 Å². The van der Waals surface area contributed by atoms with Gasteiger partial charge in [-0.25, -0.2) is 18.2 Å². The Balaban J connectivity index is 1.29. The lowest BCUT2D eigenvalue weighted by Crippen LogP contribution is -2.09. The summed E-state index contributed by atoms with van der Waals surface area (Å²) in [6.07, 6.45) is 1.69. The van der Waals surface area contributed by atoms with Crippen molar-refractivity contribution in [2.45, 2.75) is 17.6 Å². The molecular weight excluding hydrogens is 472 g/mol. The van der Waals surface area contributed by atoms with Gasteiger partial charge in [0, 0.05) is 5.56 Å². The number of benzene rings is 4. The third-order valence-corrected chi connectivity index (χ3v) is 7.42. The summed E-state index contributed by atoms with van der Waals surface area (Å²) in [6, 6.07) is 27.8. The molecule has 0 aliphatic carbocycles. The first-order chi connectivity index (χ1) is 17.4. The van der Waals surface area contributed by atoms with Crippen molar-refractivity contribution < 1.29 is 17.9 Å². The van der Waals surface area contributed by atoms with E-state index in [2.05, 4.69) is 9.97 Å². The fourth-order valence-corrected chi connectivity index (χ4v) is 5.12. The number of esters is 1. The molecule has 0 spiro atoms. The number of rotatable bonds is 6. The Hall–Kier alpha value is -4.36. The molecule has 1 heterocycles. The van der Waals surface area contributed by atoms with Crippen LogP contribution >= 0.6 is 0 Å². The van der Waals surface area contributed by atoms with Crippen LogP contribution in [0, 0.1) is 6.92 Å². The molecule has 0 atom stereocenters. The van der Waals surface area contributed by atoms with Crippen LogP contribution in [0.25, 0.3) is 22.3 Å². The topological polar surface area (TPSA) is 86.2 Å². The fourth-order valence-electron chi connectivity index (χ4n) is 3.77. The van der Waals surface area contributed by atoms with Gasteiger partial charge in [0.15, 0.2) is 9.84 Å². The van der Waals surface area contributed by atoms with Gasteiger partial charge >= 0.3 is 5.97 Å². The number of carbonyl (C=O) groups is 1. The van der Waals surface area contributed by atoms with Crippen LogP contribution < -0.4 is 4.74 Å². The van der Waals surface area contributed by atoms with E-state index in [9.17, 15) is 13.2 Å². The lowest BCUT2D eigenvalue weighted by molar-refractivity contribution is 0.0735. The zero-order chi connectivity index (χ0) is 25.1. The Bertz CT molecular complexity index is 1660. The van der Waals surface area contributed by atoms with E-state index in [4.69, 9.17) is 4.74 Å². The minimum absolute atomic E-state index is 0.153. The van der Waals surface area contributed by atoms with Gasteiger partial charge < -0.3 is 4.74 Å². The lowest BCUT2D eigenvalue weighted by atomic mass is 10.1. The first kappa shape index (κ1) is 23.4. The Morgan fingerprint density at radius 1 is 0.833 bits per heavy atom. The highest BCUT2D eigenvalue weighted by Gasteiger charge is 2.16. The standard InChI is InChI=1S/C29H22N2O4S/c1-20-9-15-25(16-10-20)36(33,34)19-21-11-13-22(14-12-21)29(32)35-24-6-4-5-23(17-24)28-18-30-26-7-2-3-8-27(26)31-28/h2-18H,19H2,1H3. The molecule has 0 bridgehead atoms. The minimum atomic E-state index is -3.48. The van der Waals surface area contributed by atoms with Crippen molar-refractivity contribution in [1.82, 2.24) is 9.97 Å². The second-order valence-corrected chi connectivity index (χ2v) is 10.4. The van der Waals surface area contributed by atoms with Gasteiger partial charge in [-0.05, 0) is 61.0 Å². The van der Waals surface area contributed by atoms with Crippen molar-refractivity contribution in [2.24, 2.45) is 0 Å². The zero-order valence-corrected chi connectivity index (χ0v) is 20.3. The van der Waals surface area contributed by atoms with Crippen molar-refractivity contribution in [1.29, 1.82) is 0 Å². The average molecular weight is 495 g/mol. The SMILES string of the molecule is Cc1ccc(S(=O)(=O)Cc2ccc(C(=O)Oc3cccc(-c4cnc5ccccc5n4)c3)cc2)cc1. The van der Waals surface area contributed by atoms with Crippen LogP contribution in [0.1, 0.15) is 21.5 Å². The van der Waals surface area contributed by atoms with Crippen LogP contribution in [-0.4, -0.2) is 24.4 Å². The molecule has 0 saturated heterocycles. The number of fused-ring (bicyclic) bond motifs is 1. The second-order valence-electron chi connectivity index (χ2n) is 8.43. The maximum Gasteiger partial charge on any atom is 0.343 e. The minimum Gasteiger partial charge on any atom is -0.423 e. The summed E-state index contributed by atoms with van der Waals surface area (Å²) in [5.74, 6) is -0.316. The molecule has 0 N–H and O–H groups in total. The van der Waals surface area contributed by atoms with E-state index in [1.807, 2.05) is 37.3 Å². The number of para-hydroxylation sites is 2. The van der Waals surface area contributed by atoms with Crippen molar-refractivity contribution in [2.75, 3.05) is 0 Å². The number of aromatic nitrogens is 2. The molecule has 178 valence electrons. The summed E-state index contributed by atoms with van der Waals surface area (Å²) in [6.45, 7) is 1.90. The van der Waals surface area contributed by atoms with Gasteiger partial charge in [0.25, 0.3) is 0 Å². The molecule has 7 heteroatoms. The molecule has 0 unspecified atom stereocenters. The Labute approximate surface area is 209 Å². The molecule has 1 aromatic heterocycles. The highest BCUT2D eigenvalue weighted by atomic mass is 32.2. The molecule has 0 aliphatic rings. The summed E-state index contributed by atoms with van der Waals surface area (Å²) < 4.78 is 31.0. The van der Waals surface area contributed by atoms with E-state index < -0.39 is 15.8 Å². The molecule has 4 aromatic carbocycles. The number of carbonyl (C=O) groups excluding carboxylic acids is 1. The molecule has 6 nitrogen and oxygen atoms in total. The predicted octanol–water partition coefficient (Wildman–Crippen LogP) is 5.80. The predicted molar refractivity (Wildman–Crippen MR) is 138 cm³/mol. The van der Waals surface area contributed by atoms with Crippen LogP contribution in [0.3, 0.4) is 0 Å². The Morgan fingerprint density at radius 2 is 1.56 bits per heavy atom. The van der Waals surface area contributed by atoms with Crippen LogP contribution in [0.4, 0.5) is 0 Å². The van der Waals surface area contributed by atoms with Gasteiger partial charge in [0.2, 0.25) is 0 Å². The number of aryl methyl sites for hydroxylation is 1. The largest absolute Gasteiger partial charge is 0.423 e. The maximum absolute atomic E-state index is 12.7. The van der Waals surface area contributed by atoms with Crippen LogP contribution in [-0.2, 0) is 15.6 Å². The molecule has 36 heavy (non-hydrogen) atoms. The smallest absolute Gasteiger partial charge is 0.343 e. The molecule has 0 aliphatic heterocycles. The summed E-state index contributed by atoms with van der Waals surface area (Å²) in [5.41, 5.74) is 4.93. The molecule has 0 radical (unpaired) electrons. The highest BCUT2D eigenvalue weighted by molar-refractivity contribution is 7.90. The molecule has 0 amide bonds. The average Bonchev–Trinajstić information content (AvgIpc) is 2.89. The third kappa shape index (κ3) is 5.16. The molecule has 5 rings (SSSR count). The van der Waals surface area contributed by atoms with E-state index in [1.165, 1.54) is 0 Å². The van der Waals surface area contributed by atoms with E-state index in [0.29, 0.717) is 22.6 Å². The first-order valence-corrected chi connectivity index (χ1v) is 13.0. The first-order valence-electron chi connectivity index (χ1n) is 11.3. The highest BCUT2D eigenvalue weighted by Crippen LogP contribution is 2.24. The van der Waals surface area contributed by atoms with E-state index >= 15 is 0 Å². The number of ether oxygens (including phenoxy) is 1. The van der Waals surface area contributed by atoms with Crippen LogP contribution in [0.2, 0.25) is 0 Å². The van der Waals surface area contributed by atoms with Crippen LogP contribution in [0.5, 0.6) is 5.75 Å². The zero-order valence-electron chi connectivity index (χ0n) is 19.5. The van der Waals surface area contributed by atoms with Gasteiger partial charge in [0.05, 0.1) is 39.1 Å². The quantitative estimate of drug-likeness (QED) is 0.219. The fraction of sp³-hybridized carbons (Fsp3) is 0.0690. The Kier molecular flexibility index (Phi) is 6.31. The second kappa shape index (κ2) is 9.71. The molecular formula is C29H22N2O4S. The summed E-state index contributed by atoms with van der Waals surface area (Å²) >= 11 is 0. The van der Waals surface area contributed by atoms with Crippen molar-refractivity contribution in [3.63, 3.8) is 0 Å². The van der Waals surface area contributed by atoms with E-state index in [1.54, 1.807) is 72.9 Å². The normalized spacial score (nSPS) is 11.4. The number of hydrogen-bond donors (Lipinski definition) is 0. The number of sulfone groups is 1. The van der Waals surface area contributed by atoms with Crippen molar-refractivity contribution in [3.05, 3.63) is 120 Å². The van der Waals surface area contributed by atoms with Gasteiger partial charge in [-0.15, -0.1) is 0 Å². The van der Waals surface area contributed by atoms with Gasteiger partial charge in [0.1, 0.15) is 5.75 Å². The number of nitrogens with zero attached hydrogens (tertiary/aromatic N) is 2. The molecule has 0 fully saturated rings. The number of hydrogen-bond acceptors (Lipinski definition) is 6. The van der Waals surface area contributed by atoms with E-state index in [0.717, 1.165) is 22.2 Å². The monoisotopic (exact) mass is 494 g/mol. The molecule has 5 aromatic rings. The summed E-state index contributed by atoms with van der Waals surface area (Å²) in [7, 11) is -3.48. The van der Waals surface area contributed by atoms with Gasteiger partial charge in [-0.1, -0.05) is 54.1 Å².